The molecule has 2 nitrogen and oxygen atoms in total. The molecule has 2 bridgehead atoms. The molecule has 1 amide bonds. The van der Waals surface area contributed by atoms with E-state index < -0.39 is 0 Å². The highest BCUT2D eigenvalue weighted by atomic mass is 79.9. The first-order valence-corrected chi connectivity index (χ1v) is 8.60. The molecule has 1 heterocycles. The zero-order valence-electron chi connectivity index (χ0n) is 9.90. The Morgan fingerprint density at radius 1 is 1.35 bits per heavy atom. The van der Waals surface area contributed by atoms with Gasteiger partial charge < -0.3 is 0 Å². The van der Waals surface area contributed by atoms with Gasteiger partial charge in [0.25, 0.3) is 5.91 Å². The summed E-state index contributed by atoms with van der Waals surface area (Å²) in [4.78, 5) is 15.9. The third-order valence-electron chi connectivity index (χ3n) is 4.48. The van der Waals surface area contributed by atoms with Crippen molar-refractivity contribution in [3.63, 3.8) is 0 Å². The van der Waals surface area contributed by atoms with Gasteiger partial charge in [0, 0.05) is 5.33 Å². The molecule has 2 saturated carbocycles. The standard InChI is InChI=1S/C13H18BrNOS/c14-4-3-11-13(16)15-12(17-11)7-10-6-8-1-2-9(10)5-8/h8-11H,1-7H2/t8-,9+,10-,11?/m1/s1. The topological polar surface area (TPSA) is 29.4 Å². The van der Waals surface area contributed by atoms with Crippen LogP contribution in [0.2, 0.25) is 0 Å². The second-order valence-electron chi connectivity index (χ2n) is 5.57. The van der Waals surface area contributed by atoms with Crippen LogP contribution in [0.25, 0.3) is 0 Å². The molecule has 4 atom stereocenters. The highest BCUT2D eigenvalue weighted by molar-refractivity contribution is 9.09. The van der Waals surface area contributed by atoms with Crippen LogP contribution in [0.1, 0.15) is 38.5 Å². The van der Waals surface area contributed by atoms with Gasteiger partial charge in [-0.15, -0.1) is 0 Å². The molecule has 0 N–H and O–H groups in total. The Morgan fingerprint density at radius 3 is 2.88 bits per heavy atom. The maximum atomic E-state index is 11.7. The average Bonchev–Trinajstić information content (AvgIpc) is 2.96. The van der Waals surface area contributed by atoms with Crippen LogP contribution in [-0.4, -0.2) is 21.5 Å². The van der Waals surface area contributed by atoms with Crippen LogP contribution in [0.15, 0.2) is 4.99 Å². The van der Waals surface area contributed by atoms with Crippen LogP contribution in [0.5, 0.6) is 0 Å². The van der Waals surface area contributed by atoms with E-state index in [1.54, 1.807) is 11.8 Å². The van der Waals surface area contributed by atoms with Gasteiger partial charge in [-0.25, -0.2) is 4.99 Å². The van der Waals surface area contributed by atoms with E-state index in [-0.39, 0.29) is 11.2 Å². The van der Waals surface area contributed by atoms with Crippen molar-refractivity contribution in [3.05, 3.63) is 0 Å². The molecule has 2 aliphatic carbocycles. The number of carbonyl (C=O) groups is 1. The highest BCUT2D eigenvalue weighted by Crippen LogP contribution is 2.50. The number of aliphatic imine (C=N–C) groups is 1. The molecule has 3 aliphatic rings. The van der Waals surface area contributed by atoms with E-state index in [1.165, 1.54) is 25.7 Å². The second kappa shape index (κ2) is 5.04. The van der Waals surface area contributed by atoms with E-state index in [2.05, 4.69) is 20.9 Å². The molecule has 0 spiro atoms. The quantitative estimate of drug-likeness (QED) is 0.741. The van der Waals surface area contributed by atoms with Gasteiger partial charge in [-0.1, -0.05) is 34.1 Å². The SMILES string of the molecule is O=C1N=C(C[C@H]2C[C@@H]3CC[C@H]2C3)SC1CCBr. The summed E-state index contributed by atoms with van der Waals surface area (Å²) in [6.45, 7) is 0. The number of alkyl halides is 1. The van der Waals surface area contributed by atoms with Crippen LogP contribution >= 0.6 is 27.7 Å². The lowest BCUT2D eigenvalue weighted by Crippen LogP contribution is -2.13. The normalized spacial score (nSPS) is 40.1. The zero-order valence-corrected chi connectivity index (χ0v) is 12.3. The first-order valence-electron chi connectivity index (χ1n) is 6.60. The van der Waals surface area contributed by atoms with E-state index in [4.69, 9.17) is 0 Å². The van der Waals surface area contributed by atoms with E-state index in [0.29, 0.717) is 0 Å². The Hall–Kier alpha value is 0.170. The van der Waals surface area contributed by atoms with E-state index >= 15 is 0 Å². The van der Waals surface area contributed by atoms with Crippen molar-refractivity contribution in [2.75, 3.05) is 5.33 Å². The number of fused-ring (bicyclic) bond motifs is 2. The number of amides is 1. The Balaban J connectivity index is 1.56. The predicted molar refractivity (Wildman–Crippen MR) is 75.8 cm³/mol. The summed E-state index contributed by atoms with van der Waals surface area (Å²) in [7, 11) is 0. The molecule has 0 saturated heterocycles. The number of nitrogens with zero attached hydrogens (tertiary/aromatic N) is 1. The summed E-state index contributed by atoms with van der Waals surface area (Å²) in [6.07, 6.45) is 7.70. The number of carbonyl (C=O) groups excluding carboxylic acids is 1. The second-order valence-corrected chi connectivity index (χ2v) is 7.64. The first kappa shape index (κ1) is 12.2. The van der Waals surface area contributed by atoms with Crippen molar-refractivity contribution in [3.8, 4) is 0 Å². The Labute approximate surface area is 115 Å². The van der Waals surface area contributed by atoms with Crippen molar-refractivity contribution < 1.29 is 4.79 Å². The molecule has 0 aromatic carbocycles. The molecule has 17 heavy (non-hydrogen) atoms. The maximum Gasteiger partial charge on any atom is 0.259 e. The van der Waals surface area contributed by atoms with Gasteiger partial charge >= 0.3 is 0 Å². The molecule has 0 aromatic heterocycles. The molecule has 1 unspecified atom stereocenters. The largest absolute Gasteiger partial charge is 0.271 e. The smallest absolute Gasteiger partial charge is 0.259 e. The van der Waals surface area contributed by atoms with Gasteiger partial charge in [-0.2, -0.15) is 0 Å². The van der Waals surface area contributed by atoms with Crippen molar-refractivity contribution in [1.82, 2.24) is 0 Å². The predicted octanol–water partition coefficient (Wildman–Crippen LogP) is 3.64. The fourth-order valence-electron chi connectivity index (χ4n) is 3.66. The van der Waals surface area contributed by atoms with Crippen molar-refractivity contribution in [2.45, 2.75) is 43.8 Å². The number of rotatable bonds is 4. The van der Waals surface area contributed by atoms with Crippen molar-refractivity contribution in [2.24, 2.45) is 22.7 Å². The lowest BCUT2D eigenvalue weighted by molar-refractivity contribution is -0.117. The summed E-state index contributed by atoms with van der Waals surface area (Å²) in [5.74, 6) is 2.86. The Bertz CT molecular complexity index is 357. The van der Waals surface area contributed by atoms with Crippen LogP contribution in [0.3, 0.4) is 0 Å². The van der Waals surface area contributed by atoms with E-state index in [1.807, 2.05) is 0 Å². The van der Waals surface area contributed by atoms with Gasteiger partial charge in [-0.3, -0.25) is 4.79 Å². The minimum atomic E-state index is 0.1000. The monoisotopic (exact) mass is 315 g/mol. The lowest BCUT2D eigenvalue weighted by Gasteiger charge is -2.21. The first-order chi connectivity index (χ1) is 8.26. The number of halogens is 1. The summed E-state index contributed by atoms with van der Waals surface area (Å²) in [5.41, 5.74) is 0. The van der Waals surface area contributed by atoms with Crippen LogP contribution in [0, 0.1) is 17.8 Å². The lowest BCUT2D eigenvalue weighted by atomic mass is 9.87. The average molecular weight is 316 g/mol. The minimum absolute atomic E-state index is 0.1000. The van der Waals surface area contributed by atoms with Gasteiger partial charge in [0.1, 0.15) is 0 Å². The molecular formula is C13H18BrNOS. The molecular weight excluding hydrogens is 298 g/mol. The highest BCUT2D eigenvalue weighted by Gasteiger charge is 2.41. The van der Waals surface area contributed by atoms with E-state index in [0.717, 1.165) is 41.0 Å². The number of hydrogen-bond acceptors (Lipinski definition) is 2. The fraction of sp³-hybridized carbons (Fsp3) is 0.846. The van der Waals surface area contributed by atoms with Gasteiger partial charge in [-0.05, 0) is 49.9 Å². The molecule has 0 radical (unpaired) electrons. The number of hydrogen-bond donors (Lipinski definition) is 0. The van der Waals surface area contributed by atoms with Crippen molar-refractivity contribution in [1.29, 1.82) is 0 Å². The molecule has 4 heteroatoms. The van der Waals surface area contributed by atoms with Gasteiger partial charge in [0.05, 0.1) is 10.3 Å². The summed E-state index contributed by atoms with van der Waals surface area (Å²) >= 11 is 5.13. The molecule has 94 valence electrons. The number of thioether (sulfide) groups is 1. The van der Waals surface area contributed by atoms with E-state index in [9.17, 15) is 4.79 Å². The van der Waals surface area contributed by atoms with Gasteiger partial charge in [0.15, 0.2) is 0 Å². The molecule has 3 rings (SSSR count). The van der Waals surface area contributed by atoms with Crippen LogP contribution in [-0.2, 0) is 4.79 Å². The minimum Gasteiger partial charge on any atom is -0.271 e. The maximum absolute atomic E-state index is 11.7. The summed E-state index contributed by atoms with van der Waals surface area (Å²) in [5, 5.41) is 2.12. The zero-order chi connectivity index (χ0) is 11.8. The Kier molecular flexibility index (Phi) is 3.62. The summed E-state index contributed by atoms with van der Waals surface area (Å²) < 4.78 is 0. The van der Waals surface area contributed by atoms with Crippen molar-refractivity contribution >= 4 is 38.6 Å². The van der Waals surface area contributed by atoms with Crippen LogP contribution < -0.4 is 0 Å². The third-order valence-corrected chi connectivity index (χ3v) is 6.19. The molecule has 0 aromatic rings. The summed E-state index contributed by atoms with van der Waals surface area (Å²) in [6, 6.07) is 0. The molecule has 2 fully saturated rings. The van der Waals surface area contributed by atoms with Gasteiger partial charge in [0.2, 0.25) is 0 Å². The fourth-order valence-corrected chi connectivity index (χ4v) is 5.59. The third kappa shape index (κ3) is 2.48. The molecule has 1 aliphatic heterocycles. The Morgan fingerprint density at radius 2 is 2.24 bits per heavy atom. The van der Waals surface area contributed by atoms with Crippen LogP contribution in [0.4, 0.5) is 0 Å².